The van der Waals surface area contributed by atoms with Gasteiger partial charge in [0.1, 0.15) is 6.04 Å². The Labute approximate surface area is 198 Å². The largest absolute Gasteiger partial charge is 0.337 e. The van der Waals surface area contributed by atoms with Gasteiger partial charge in [0.15, 0.2) is 0 Å². The number of hydrogen-bond acceptors (Lipinski definition) is 2. The first-order chi connectivity index (χ1) is 16.0. The third-order valence-corrected chi connectivity index (χ3v) is 6.21. The number of carbonyl (C=O) groups is 1. The highest BCUT2D eigenvalue weighted by atomic mass is 16.2. The number of rotatable bonds is 10. The summed E-state index contributed by atoms with van der Waals surface area (Å²) >= 11 is 0. The topological polar surface area (TPSA) is 32.3 Å². The van der Waals surface area contributed by atoms with E-state index in [-0.39, 0.29) is 17.9 Å². The molecule has 0 fully saturated rings. The minimum absolute atomic E-state index is 0.0456. The summed E-state index contributed by atoms with van der Waals surface area (Å²) in [5.74, 6) is 0.208. The van der Waals surface area contributed by atoms with Crippen molar-refractivity contribution in [3.05, 3.63) is 133 Å². The van der Waals surface area contributed by atoms with Crippen LogP contribution in [0.5, 0.6) is 0 Å². The first kappa shape index (κ1) is 24.2. The molecule has 0 bridgehead atoms. The number of likely N-dealkylation sites (N-methyl/N-ethyl adjacent to an activating group) is 1. The van der Waals surface area contributed by atoms with E-state index in [1.165, 1.54) is 0 Å². The molecule has 0 aromatic heterocycles. The van der Waals surface area contributed by atoms with E-state index in [1.54, 1.807) is 11.0 Å². The molecule has 0 aliphatic carbocycles. The third-order valence-electron chi connectivity index (χ3n) is 6.21. The molecule has 0 saturated carbocycles. The maximum absolute atomic E-state index is 13.7. The first-order valence-electron chi connectivity index (χ1n) is 11.4. The molecule has 33 heavy (non-hydrogen) atoms. The van der Waals surface area contributed by atoms with Gasteiger partial charge in [-0.3, -0.25) is 10.1 Å². The van der Waals surface area contributed by atoms with Gasteiger partial charge in [0, 0.05) is 7.05 Å². The maximum Gasteiger partial charge on any atom is 0.243 e. The molecule has 2 atom stereocenters. The second-order valence-corrected chi connectivity index (χ2v) is 8.63. The van der Waals surface area contributed by atoms with Gasteiger partial charge in [-0.25, -0.2) is 0 Å². The Kier molecular flexibility index (Phi) is 8.02. The molecule has 3 aromatic carbocycles. The van der Waals surface area contributed by atoms with Crippen molar-refractivity contribution in [1.82, 2.24) is 10.2 Å². The van der Waals surface area contributed by atoms with Crippen LogP contribution in [0.15, 0.2) is 116 Å². The van der Waals surface area contributed by atoms with Crippen molar-refractivity contribution in [3.8, 4) is 0 Å². The Bertz CT molecular complexity index is 948. The summed E-state index contributed by atoms with van der Waals surface area (Å²) in [7, 11) is 1.84. The predicted octanol–water partition coefficient (Wildman–Crippen LogP) is 5.79. The summed E-state index contributed by atoms with van der Waals surface area (Å²) in [6, 6.07) is 30.1. The third kappa shape index (κ3) is 4.99. The number of amides is 1. The zero-order valence-electron chi connectivity index (χ0n) is 19.8. The van der Waals surface area contributed by atoms with Gasteiger partial charge in [-0.05, 0) is 22.6 Å². The second-order valence-electron chi connectivity index (χ2n) is 8.63. The predicted molar refractivity (Wildman–Crippen MR) is 138 cm³/mol. The number of hydrogen-bond donors (Lipinski definition) is 1. The molecule has 0 aliphatic heterocycles. The SMILES string of the molecule is C=C[C@H](NC(c1ccccc1)(c1ccccc1)c1ccccc1)C(=O)N(C)[C@H](C=C)C(C)C. The molecule has 1 N–H and O–H groups in total. The Hall–Kier alpha value is -3.43. The Balaban J connectivity index is 2.18. The standard InChI is InChI=1S/C30H34N2O/c1-6-27(29(33)32(5)28(7-2)23(3)4)31-30(24-17-11-8-12-18-24,25-19-13-9-14-20-25)26-21-15-10-16-22-26/h6-23,27-28,31H,1-2H2,3-5H3/t27-,28+/m0/s1. The van der Waals surface area contributed by atoms with Crippen LogP contribution in [0.1, 0.15) is 30.5 Å². The molecule has 1 amide bonds. The van der Waals surface area contributed by atoms with Gasteiger partial charge in [0.25, 0.3) is 0 Å². The highest BCUT2D eigenvalue weighted by Gasteiger charge is 2.40. The zero-order chi connectivity index (χ0) is 23.8. The van der Waals surface area contributed by atoms with Gasteiger partial charge < -0.3 is 4.90 Å². The second kappa shape index (κ2) is 10.9. The average Bonchev–Trinajstić information content (AvgIpc) is 2.86. The van der Waals surface area contributed by atoms with Crippen LogP contribution in [0.25, 0.3) is 0 Å². The lowest BCUT2D eigenvalue weighted by Crippen LogP contribution is -2.56. The Morgan fingerprint density at radius 3 is 1.48 bits per heavy atom. The molecule has 0 radical (unpaired) electrons. The smallest absolute Gasteiger partial charge is 0.243 e. The van der Waals surface area contributed by atoms with E-state index in [4.69, 9.17) is 0 Å². The summed E-state index contributed by atoms with van der Waals surface area (Å²) in [5, 5.41) is 3.72. The molecule has 3 nitrogen and oxygen atoms in total. The van der Waals surface area contributed by atoms with Gasteiger partial charge in [-0.2, -0.15) is 0 Å². The van der Waals surface area contributed by atoms with E-state index in [0.717, 1.165) is 16.7 Å². The monoisotopic (exact) mass is 438 g/mol. The van der Waals surface area contributed by atoms with Crippen molar-refractivity contribution < 1.29 is 4.79 Å². The summed E-state index contributed by atoms with van der Waals surface area (Å²) in [4.78, 5) is 15.5. The van der Waals surface area contributed by atoms with E-state index in [0.29, 0.717) is 0 Å². The fourth-order valence-corrected chi connectivity index (χ4v) is 4.51. The van der Waals surface area contributed by atoms with Gasteiger partial charge in [0.05, 0.1) is 11.6 Å². The molecular weight excluding hydrogens is 404 g/mol. The maximum atomic E-state index is 13.7. The molecule has 0 unspecified atom stereocenters. The van der Waals surface area contributed by atoms with E-state index < -0.39 is 11.6 Å². The minimum Gasteiger partial charge on any atom is -0.337 e. The fourth-order valence-electron chi connectivity index (χ4n) is 4.51. The quantitative estimate of drug-likeness (QED) is 0.321. The van der Waals surface area contributed by atoms with Crippen molar-refractivity contribution in [1.29, 1.82) is 0 Å². The molecule has 3 aromatic rings. The highest BCUT2D eigenvalue weighted by molar-refractivity contribution is 5.84. The van der Waals surface area contributed by atoms with Crippen molar-refractivity contribution in [3.63, 3.8) is 0 Å². The molecule has 0 heterocycles. The molecule has 0 spiro atoms. The average molecular weight is 439 g/mol. The number of nitrogens with zero attached hydrogens (tertiary/aromatic N) is 1. The van der Waals surface area contributed by atoms with E-state index in [9.17, 15) is 4.79 Å². The van der Waals surface area contributed by atoms with Crippen LogP contribution in [0.4, 0.5) is 0 Å². The zero-order valence-corrected chi connectivity index (χ0v) is 19.8. The lowest BCUT2D eigenvalue weighted by atomic mass is 9.76. The molecule has 0 saturated heterocycles. The molecular formula is C30H34N2O. The lowest BCUT2D eigenvalue weighted by Gasteiger charge is -2.40. The summed E-state index contributed by atoms with van der Waals surface area (Å²) in [5.41, 5.74) is 2.40. The van der Waals surface area contributed by atoms with Crippen molar-refractivity contribution in [2.75, 3.05) is 7.05 Å². The summed E-state index contributed by atoms with van der Waals surface area (Å²) in [6.07, 6.45) is 3.53. The number of nitrogens with one attached hydrogen (secondary N) is 1. The first-order valence-corrected chi connectivity index (χ1v) is 11.4. The van der Waals surface area contributed by atoms with E-state index in [2.05, 4.69) is 68.7 Å². The van der Waals surface area contributed by atoms with Crippen LogP contribution in [0.2, 0.25) is 0 Å². The van der Waals surface area contributed by atoms with E-state index >= 15 is 0 Å². The summed E-state index contributed by atoms with van der Waals surface area (Å²) < 4.78 is 0. The van der Waals surface area contributed by atoms with Crippen LogP contribution in [-0.2, 0) is 10.3 Å². The molecule has 3 rings (SSSR count). The Morgan fingerprint density at radius 2 is 1.18 bits per heavy atom. The number of carbonyl (C=O) groups excluding carboxylic acids is 1. The van der Waals surface area contributed by atoms with Crippen LogP contribution in [-0.4, -0.2) is 29.9 Å². The van der Waals surface area contributed by atoms with E-state index in [1.807, 2.05) is 67.7 Å². The fraction of sp³-hybridized carbons (Fsp3) is 0.233. The van der Waals surface area contributed by atoms with Crippen molar-refractivity contribution >= 4 is 5.91 Å². The molecule has 170 valence electrons. The van der Waals surface area contributed by atoms with Crippen LogP contribution >= 0.6 is 0 Å². The van der Waals surface area contributed by atoms with Crippen LogP contribution in [0.3, 0.4) is 0 Å². The van der Waals surface area contributed by atoms with Crippen LogP contribution in [0, 0.1) is 5.92 Å². The van der Waals surface area contributed by atoms with Gasteiger partial charge >= 0.3 is 0 Å². The van der Waals surface area contributed by atoms with Crippen LogP contribution < -0.4 is 5.32 Å². The van der Waals surface area contributed by atoms with Crippen molar-refractivity contribution in [2.24, 2.45) is 5.92 Å². The van der Waals surface area contributed by atoms with Gasteiger partial charge in [-0.1, -0.05) is 117 Å². The Morgan fingerprint density at radius 1 is 0.788 bits per heavy atom. The van der Waals surface area contributed by atoms with Crippen molar-refractivity contribution in [2.45, 2.75) is 31.5 Å². The highest BCUT2D eigenvalue weighted by Crippen LogP contribution is 2.37. The minimum atomic E-state index is -0.749. The lowest BCUT2D eigenvalue weighted by molar-refractivity contribution is -0.133. The molecule has 0 aliphatic rings. The summed E-state index contributed by atoms with van der Waals surface area (Å²) in [6.45, 7) is 12.2. The number of benzene rings is 3. The van der Waals surface area contributed by atoms with Gasteiger partial charge in [0.2, 0.25) is 5.91 Å². The van der Waals surface area contributed by atoms with Gasteiger partial charge in [-0.15, -0.1) is 13.2 Å². The molecule has 3 heteroatoms. The normalized spacial score (nSPS) is 13.2.